The number of hydrogen-bond donors (Lipinski definition) is 6. The summed E-state index contributed by atoms with van der Waals surface area (Å²) in [6.07, 6.45) is 14.0. The highest BCUT2D eigenvalue weighted by molar-refractivity contribution is 6.23. The van der Waals surface area contributed by atoms with E-state index in [4.69, 9.17) is 15.0 Å². The fourth-order valence-electron chi connectivity index (χ4n) is 5.92. The fourth-order valence-corrected chi connectivity index (χ4v) is 5.92. The van der Waals surface area contributed by atoms with Gasteiger partial charge in [0.05, 0.1) is 0 Å². The number of phenolic OH excluding ortho intramolecular Hbond substituents is 1. The molecule has 6 N–H and O–H groups in total. The number of aliphatic imine (C=N–C) groups is 3. The number of allylic oxidation sites excluding steroid dienone is 9. The highest BCUT2D eigenvalue weighted by Crippen LogP contribution is 2.39. The molecular formula is C32H18N8O4. The van der Waals surface area contributed by atoms with Gasteiger partial charge >= 0.3 is 0 Å². The summed E-state index contributed by atoms with van der Waals surface area (Å²) in [5, 5.41) is 25.0. The number of nitrogens with one attached hydrogen (secondary N) is 5. The van der Waals surface area contributed by atoms with E-state index in [1.54, 1.807) is 36.4 Å². The molecule has 7 aliphatic rings. The molecule has 12 heteroatoms. The van der Waals surface area contributed by atoms with Crippen molar-refractivity contribution in [3.63, 3.8) is 0 Å². The predicted octanol–water partition coefficient (Wildman–Crippen LogP) is 2.96. The topological polar surface area (TPSA) is 172 Å². The van der Waals surface area contributed by atoms with Crippen LogP contribution in [0, 0.1) is 0 Å². The number of H-pyrrole nitrogens is 1. The van der Waals surface area contributed by atoms with Crippen LogP contribution in [-0.4, -0.2) is 44.9 Å². The van der Waals surface area contributed by atoms with E-state index in [2.05, 4.69) is 26.3 Å². The Morgan fingerprint density at radius 1 is 0.523 bits per heavy atom. The van der Waals surface area contributed by atoms with Gasteiger partial charge in [-0.2, -0.15) is 0 Å². The van der Waals surface area contributed by atoms with Crippen molar-refractivity contribution in [2.24, 2.45) is 15.0 Å². The van der Waals surface area contributed by atoms with Gasteiger partial charge in [0.1, 0.15) is 52.4 Å². The number of hydrogen-bond acceptors (Lipinski definition) is 11. The number of carbonyl (C=O) groups excluding carboxylic acids is 3. The summed E-state index contributed by atoms with van der Waals surface area (Å²) in [6, 6.07) is 4.97. The molecule has 12 nitrogen and oxygen atoms in total. The van der Waals surface area contributed by atoms with Crippen molar-refractivity contribution in [1.82, 2.24) is 15.6 Å². The number of rotatable bonds is 0. The third-order valence-electron chi connectivity index (χ3n) is 7.93. The normalized spacial score (nSPS) is 21.0. The molecule has 5 heterocycles. The first-order chi connectivity index (χ1) is 21.4. The number of nitrogens with zero attached hydrogens (tertiary/aromatic N) is 3. The zero-order valence-electron chi connectivity index (χ0n) is 22.4. The summed E-state index contributed by atoms with van der Waals surface area (Å²) in [5.41, 5.74) is 3.73. The standard InChI is InChI=1S/C32H18N8O4/c41-13-1-5-17-21(9-13)29-33-25(17)37-30-22-10-14(42)2-6-18(22)27(34-30)39-32-24-12-16(44)4-8-20(24)28(36-32)40-31-23-11-15(43)3-7-19(23)26(35-31)38-29/h1-12,33,38,41H,(H,34,37)(H,35,40)(H,36,39). The van der Waals surface area contributed by atoms with E-state index in [9.17, 15) is 19.5 Å². The molecule has 44 heavy (non-hydrogen) atoms. The van der Waals surface area contributed by atoms with Crippen molar-refractivity contribution in [3.05, 3.63) is 124 Å². The maximum absolute atomic E-state index is 12.4. The summed E-state index contributed by atoms with van der Waals surface area (Å²) in [7, 11) is 0. The molecule has 1 aromatic heterocycles. The van der Waals surface area contributed by atoms with Crippen molar-refractivity contribution >= 4 is 57.3 Å². The smallest absolute Gasteiger partial charge is 0.179 e. The largest absolute Gasteiger partial charge is 0.508 e. The molecule has 1 aromatic carbocycles. The summed E-state index contributed by atoms with van der Waals surface area (Å²) in [6.45, 7) is 0. The summed E-state index contributed by atoms with van der Waals surface area (Å²) < 4.78 is 0. The van der Waals surface area contributed by atoms with Gasteiger partial charge in [0, 0.05) is 44.2 Å². The van der Waals surface area contributed by atoms with Gasteiger partial charge in [-0.1, -0.05) is 0 Å². The van der Waals surface area contributed by atoms with Crippen LogP contribution < -0.4 is 21.3 Å². The monoisotopic (exact) mass is 578 g/mol. The number of phenols is 1. The van der Waals surface area contributed by atoms with E-state index < -0.39 is 0 Å². The Bertz CT molecular complexity index is 2270. The van der Waals surface area contributed by atoms with Crippen LogP contribution in [0.2, 0.25) is 0 Å². The lowest BCUT2D eigenvalue weighted by atomic mass is 9.98. The van der Waals surface area contributed by atoms with E-state index in [0.29, 0.717) is 85.4 Å². The Morgan fingerprint density at radius 2 is 0.977 bits per heavy atom. The molecule has 2 aromatic rings. The second-order valence-corrected chi connectivity index (χ2v) is 10.7. The molecule has 0 unspecified atom stereocenters. The number of benzene rings is 1. The first-order valence-electron chi connectivity index (χ1n) is 13.6. The predicted molar refractivity (Wildman–Crippen MR) is 164 cm³/mol. The number of carbonyl (C=O) groups is 3. The summed E-state index contributed by atoms with van der Waals surface area (Å²) in [5.74, 6) is 3.10. The average molecular weight is 579 g/mol. The molecule has 0 saturated heterocycles. The molecule has 0 atom stereocenters. The number of amidine groups is 3. The lowest BCUT2D eigenvalue weighted by Crippen LogP contribution is -2.25. The molecule has 210 valence electrons. The van der Waals surface area contributed by atoms with E-state index in [1.165, 1.54) is 36.5 Å². The van der Waals surface area contributed by atoms with E-state index in [-0.39, 0.29) is 23.1 Å². The molecule has 0 radical (unpaired) electrons. The maximum Gasteiger partial charge on any atom is 0.179 e. The lowest BCUT2D eigenvalue weighted by molar-refractivity contribution is -0.111. The minimum Gasteiger partial charge on any atom is -0.508 e. The van der Waals surface area contributed by atoms with Gasteiger partial charge in [0.2, 0.25) is 0 Å². The van der Waals surface area contributed by atoms with E-state index in [1.807, 2.05) is 0 Å². The third kappa shape index (κ3) is 3.51. The molecule has 4 aliphatic heterocycles. The molecule has 0 saturated carbocycles. The van der Waals surface area contributed by atoms with Crippen LogP contribution in [0.1, 0.15) is 0 Å². The Labute approximate surface area is 247 Å². The quantitative estimate of drug-likeness (QED) is 0.277. The van der Waals surface area contributed by atoms with Gasteiger partial charge in [0.15, 0.2) is 17.3 Å². The highest BCUT2D eigenvalue weighted by atomic mass is 16.3. The molecule has 0 spiro atoms. The van der Waals surface area contributed by atoms with Gasteiger partial charge < -0.3 is 31.4 Å². The summed E-state index contributed by atoms with van der Waals surface area (Å²) >= 11 is 0. The van der Waals surface area contributed by atoms with Crippen LogP contribution in [-0.2, 0) is 14.4 Å². The summed E-state index contributed by atoms with van der Waals surface area (Å²) in [4.78, 5) is 55.1. The van der Waals surface area contributed by atoms with Crippen molar-refractivity contribution in [3.8, 4) is 5.75 Å². The minimum atomic E-state index is -0.191. The number of anilines is 2. The van der Waals surface area contributed by atoms with Crippen molar-refractivity contribution in [2.45, 2.75) is 0 Å². The number of aromatic nitrogens is 1. The zero-order valence-corrected chi connectivity index (χ0v) is 22.4. The average Bonchev–Trinajstić information content (AvgIpc) is 3.71. The Morgan fingerprint density at radius 3 is 1.50 bits per heavy atom. The minimum absolute atomic E-state index is 0.0704. The van der Waals surface area contributed by atoms with Crippen LogP contribution in [0.3, 0.4) is 0 Å². The van der Waals surface area contributed by atoms with Crippen molar-refractivity contribution in [1.29, 1.82) is 0 Å². The molecule has 9 rings (SSSR count). The molecular weight excluding hydrogens is 560 g/mol. The number of fused-ring (bicyclic) bond motifs is 14. The Kier molecular flexibility index (Phi) is 4.64. The first kappa shape index (κ1) is 24.1. The molecule has 8 bridgehead atoms. The molecule has 3 aliphatic carbocycles. The highest BCUT2D eigenvalue weighted by Gasteiger charge is 2.34. The molecule has 0 amide bonds. The maximum atomic E-state index is 12.4. The van der Waals surface area contributed by atoms with Gasteiger partial charge in [-0.05, 0) is 72.9 Å². The number of aromatic amines is 1. The Balaban J connectivity index is 1.27. The van der Waals surface area contributed by atoms with E-state index in [0.717, 1.165) is 5.39 Å². The van der Waals surface area contributed by atoms with Crippen LogP contribution in [0.25, 0.3) is 10.8 Å². The lowest BCUT2D eigenvalue weighted by Gasteiger charge is -2.12. The molecule has 0 fully saturated rings. The van der Waals surface area contributed by atoms with Gasteiger partial charge in [0.25, 0.3) is 0 Å². The SMILES string of the molecule is O=C1C=CC2=C3N=C(NC4=C5C=CC(=O)C=C5C(=N4)Nc4[nH]c(c5cc(O)ccc45)NC4=C5C=CC(=O)C=C5C(=N4)N3)C2=C1. The van der Waals surface area contributed by atoms with Gasteiger partial charge in [-0.3, -0.25) is 14.4 Å². The number of ketones is 3. The Hall–Kier alpha value is -6.56. The fraction of sp³-hybridized carbons (Fsp3) is 0. The van der Waals surface area contributed by atoms with Crippen LogP contribution in [0.4, 0.5) is 11.6 Å². The van der Waals surface area contributed by atoms with Crippen LogP contribution in [0.5, 0.6) is 5.75 Å². The van der Waals surface area contributed by atoms with Gasteiger partial charge in [-0.15, -0.1) is 0 Å². The number of aromatic hydroxyl groups is 1. The zero-order chi connectivity index (χ0) is 29.7. The van der Waals surface area contributed by atoms with E-state index >= 15 is 0 Å². The van der Waals surface area contributed by atoms with Crippen molar-refractivity contribution in [2.75, 3.05) is 10.6 Å². The second-order valence-electron chi connectivity index (χ2n) is 10.7. The van der Waals surface area contributed by atoms with Crippen LogP contribution >= 0.6 is 0 Å². The third-order valence-corrected chi connectivity index (χ3v) is 7.93. The second kappa shape index (κ2) is 8.49. The van der Waals surface area contributed by atoms with Crippen LogP contribution in [0.15, 0.2) is 139 Å². The van der Waals surface area contributed by atoms with Crippen molar-refractivity contribution < 1.29 is 19.5 Å². The van der Waals surface area contributed by atoms with Gasteiger partial charge in [-0.25, -0.2) is 15.0 Å². The first-order valence-corrected chi connectivity index (χ1v) is 13.6.